The van der Waals surface area contributed by atoms with Crippen molar-refractivity contribution in [3.63, 3.8) is 0 Å². The Hall–Kier alpha value is -1.83. The van der Waals surface area contributed by atoms with E-state index in [0.717, 1.165) is 43.4 Å². The molecule has 0 bridgehead atoms. The van der Waals surface area contributed by atoms with Gasteiger partial charge in [-0.15, -0.1) is 24.0 Å². The van der Waals surface area contributed by atoms with E-state index in [2.05, 4.69) is 21.7 Å². The molecule has 26 heavy (non-hydrogen) atoms. The van der Waals surface area contributed by atoms with Gasteiger partial charge >= 0.3 is 0 Å². The molecule has 1 aliphatic heterocycles. The first kappa shape index (κ1) is 20.5. The van der Waals surface area contributed by atoms with Gasteiger partial charge in [-0.1, -0.05) is 30.3 Å². The van der Waals surface area contributed by atoms with E-state index in [4.69, 9.17) is 4.74 Å². The van der Waals surface area contributed by atoms with Crippen molar-refractivity contribution in [3.8, 4) is 5.75 Å². The third-order valence-corrected chi connectivity index (χ3v) is 4.25. The molecule has 0 fully saturated rings. The number of aliphatic imine (C=N–C) groups is 1. The zero-order chi connectivity index (χ0) is 17.5. The molecule has 1 aliphatic rings. The van der Waals surface area contributed by atoms with Gasteiger partial charge in [0, 0.05) is 19.0 Å². The number of para-hydroxylation sites is 1. The van der Waals surface area contributed by atoms with Crippen LogP contribution in [0.15, 0.2) is 53.5 Å². The molecule has 0 amide bonds. The maximum Gasteiger partial charge on any atom is 0.191 e. The Labute approximate surface area is 171 Å². The molecule has 140 valence electrons. The summed E-state index contributed by atoms with van der Waals surface area (Å²) in [6, 6.07) is 14.7. The summed E-state index contributed by atoms with van der Waals surface area (Å²) in [5.74, 6) is 1.88. The Balaban J connectivity index is 0.00000243. The zero-order valence-electron chi connectivity index (χ0n) is 14.9. The summed E-state index contributed by atoms with van der Waals surface area (Å²) in [6.07, 6.45) is 0.979. The molecule has 4 nitrogen and oxygen atoms in total. The van der Waals surface area contributed by atoms with Gasteiger partial charge in [0.2, 0.25) is 0 Å². The summed E-state index contributed by atoms with van der Waals surface area (Å²) in [5.41, 5.74) is 2.09. The topological polar surface area (TPSA) is 45.7 Å². The summed E-state index contributed by atoms with van der Waals surface area (Å²) in [6.45, 7) is 4.77. The molecule has 0 saturated carbocycles. The number of rotatable bonds is 5. The van der Waals surface area contributed by atoms with E-state index in [1.807, 2.05) is 31.2 Å². The van der Waals surface area contributed by atoms with Crippen molar-refractivity contribution in [2.75, 3.05) is 19.7 Å². The predicted molar refractivity (Wildman–Crippen MR) is 114 cm³/mol. The van der Waals surface area contributed by atoms with E-state index in [-0.39, 0.29) is 29.8 Å². The minimum atomic E-state index is -0.232. The third-order valence-electron chi connectivity index (χ3n) is 4.25. The summed E-state index contributed by atoms with van der Waals surface area (Å²) < 4.78 is 19.0. The fourth-order valence-corrected chi connectivity index (χ4v) is 3.00. The molecule has 0 radical (unpaired) electrons. The number of guanidine groups is 1. The molecule has 0 aromatic heterocycles. The van der Waals surface area contributed by atoms with Gasteiger partial charge in [-0.25, -0.2) is 9.38 Å². The van der Waals surface area contributed by atoms with Crippen LogP contribution < -0.4 is 15.4 Å². The largest absolute Gasteiger partial charge is 0.493 e. The van der Waals surface area contributed by atoms with Gasteiger partial charge in [0.15, 0.2) is 5.96 Å². The molecule has 6 heteroatoms. The molecule has 3 rings (SSSR count). The standard InChI is InChI=1S/C20H24FN3O.HI/c1-2-22-20(23-13-15-6-5-7-17(21)12-15)24-14-16-10-11-25-19-9-4-3-8-18(16)19;/h3-9,12,16H,2,10-11,13-14H2,1H3,(H2,22,23,24);1H. The van der Waals surface area contributed by atoms with Gasteiger partial charge in [-0.05, 0) is 42.7 Å². The highest BCUT2D eigenvalue weighted by atomic mass is 127. The van der Waals surface area contributed by atoms with Crippen LogP contribution in [-0.2, 0) is 6.54 Å². The highest BCUT2D eigenvalue weighted by Gasteiger charge is 2.21. The van der Waals surface area contributed by atoms with Crippen LogP contribution in [0.1, 0.15) is 30.4 Å². The first-order valence-corrected chi connectivity index (χ1v) is 8.74. The van der Waals surface area contributed by atoms with Crippen molar-refractivity contribution in [2.24, 2.45) is 4.99 Å². The summed E-state index contributed by atoms with van der Waals surface area (Å²) >= 11 is 0. The zero-order valence-corrected chi connectivity index (χ0v) is 17.2. The number of nitrogens with zero attached hydrogens (tertiary/aromatic N) is 1. The van der Waals surface area contributed by atoms with E-state index in [9.17, 15) is 4.39 Å². The quantitative estimate of drug-likeness (QED) is 0.395. The Morgan fingerprint density at radius 2 is 2.04 bits per heavy atom. The van der Waals surface area contributed by atoms with E-state index < -0.39 is 0 Å². The maximum atomic E-state index is 13.3. The monoisotopic (exact) mass is 469 g/mol. The molecule has 2 aromatic rings. The number of hydrogen-bond acceptors (Lipinski definition) is 2. The first-order valence-electron chi connectivity index (χ1n) is 8.74. The van der Waals surface area contributed by atoms with Crippen LogP contribution in [0.2, 0.25) is 0 Å². The van der Waals surface area contributed by atoms with E-state index >= 15 is 0 Å². The summed E-state index contributed by atoms with van der Waals surface area (Å²) in [7, 11) is 0. The molecule has 1 heterocycles. The number of nitrogens with one attached hydrogen (secondary N) is 2. The molecule has 2 N–H and O–H groups in total. The second-order valence-electron chi connectivity index (χ2n) is 6.08. The molecule has 1 unspecified atom stereocenters. The second kappa shape index (κ2) is 10.4. The third kappa shape index (κ3) is 5.59. The van der Waals surface area contributed by atoms with Crippen molar-refractivity contribution >= 4 is 29.9 Å². The van der Waals surface area contributed by atoms with Gasteiger partial charge in [0.1, 0.15) is 11.6 Å². The van der Waals surface area contributed by atoms with Crippen molar-refractivity contribution < 1.29 is 9.13 Å². The Morgan fingerprint density at radius 3 is 2.85 bits per heavy atom. The number of halogens is 2. The highest BCUT2D eigenvalue weighted by molar-refractivity contribution is 14.0. The van der Waals surface area contributed by atoms with Crippen LogP contribution in [0.5, 0.6) is 5.75 Å². The van der Waals surface area contributed by atoms with Gasteiger partial charge in [-0.3, -0.25) is 0 Å². The van der Waals surface area contributed by atoms with Crippen LogP contribution in [0.4, 0.5) is 4.39 Å². The van der Waals surface area contributed by atoms with E-state index in [1.54, 1.807) is 6.07 Å². The summed E-state index contributed by atoms with van der Waals surface area (Å²) in [4.78, 5) is 4.56. The fraction of sp³-hybridized carbons (Fsp3) is 0.350. The lowest BCUT2D eigenvalue weighted by atomic mass is 9.93. The Bertz CT molecular complexity index is 739. The van der Waals surface area contributed by atoms with Crippen LogP contribution >= 0.6 is 24.0 Å². The maximum absolute atomic E-state index is 13.3. The molecular formula is C20H25FIN3O. The minimum absolute atomic E-state index is 0. The van der Waals surface area contributed by atoms with Gasteiger partial charge in [0.05, 0.1) is 13.2 Å². The average Bonchev–Trinajstić information content (AvgIpc) is 2.64. The number of benzene rings is 2. The van der Waals surface area contributed by atoms with Crippen molar-refractivity contribution in [3.05, 3.63) is 65.5 Å². The lowest BCUT2D eigenvalue weighted by molar-refractivity contribution is 0.267. The number of ether oxygens (including phenoxy) is 1. The van der Waals surface area contributed by atoms with Crippen molar-refractivity contribution in [2.45, 2.75) is 25.8 Å². The predicted octanol–water partition coefficient (Wildman–Crippen LogP) is 4.07. The molecular weight excluding hydrogens is 444 g/mol. The molecule has 2 aromatic carbocycles. The van der Waals surface area contributed by atoms with E-state index in [0.29, 0.717) is 12.5 Å². The molecule has 0 saturated heterocycles. The van der Waals surface area contributed by atoms with Crippen molar-refractivity contribution in [1.29, 1.82) is 0 Å². The normalized spacial score (nSPS) is 16.1. The highest BCUT2D eigenvalue weighted by Crippen LogP contribution is 2.32. The molecule has 0 spiro atoms. The molecule has 1 atom stereocenters. The smallest absolute Gasteiger partial charge is 0.191 e. The van der Waals surface area contributed by atoms with Gasteiger partial charge in [0.25, 0.3) is 0 Å². The van der Waals surface area contributed by atoms with Gasteiger partial charge in [-0.2, -0.15) is 0 Å². The van der Waals surface area contributed by atoms with Crippen LogP contribution in [-0.4, -0.2) is 25.7 Å². The number of fused-ring (bicyclic) bond motifs is 1. The average molecular weight is 469 g/mol. The fourth-order valence-electron chi connectivity index (χ4n) is 3.00. The van der Waals surface area contributed by atoms with Gasteiger partial charge < -0.3 is 15.4 Å². The Kier molecular flexibility index (Phi) is 8.15. The second-order valence-corrected chi connectivity index (χ2v) is 6.08. The lowest BCUT2D eigenvalue weighted by Gasteiger charge is -2.26. The van der Waals surface area contributed by atoms with Crippen molar-refractivity contribution in [1.82, 2.24) is 10.6 Å². The first-order chi connectivity index (χ1) is 12.3. The van der Waals surface area contributed by atoms with E-state index in [1.165, 1.54) is 17.7 Å². The minimum Gasteiger partial charge on any atom is -0.493 e. The SMILES string of the molecule is CCNC(=NCc1cccc(F)c1)NCC1CCOc2ccccc21.I. The Morgan fingerprint density at radius 1 is 1.19 bits per heavy atom. The summed E-state index contributed by atoms with van der Waals surface area (Å²) in [5, 5.41) is 6.65. The molecule has 0 aliphatic carbocycles. The number of hydrogen-bond donors (Lipinski definition) is 2. The van der Waals surface area contributed by atoms with Crippen LogP contribution in [0.3, 0.4) is 0 Å². The lowest BCUT2D eigenvalue weighted by Crippen LogP contribution is -2.40. The van der Waals surface area contributed by atoms with Crippen LogP contribution in [0, 0.1) is 5.82 Å². The van der Waals surface area contributed by atoms with Crippen LogP contribution in [0.25, 0.3) is 0 Å².